The van der Waals surface area contributed by atoms with E-state index in [4.69, 9.17) is 0 Å². The molecule has 1 aromatic rings. The van der Waals surface area contributed by atoms with Crippen molar-refractivity contribution in [1.29, 1.82) is 0 Å². The van der Waals surface area contributed by atoms with Gasteiger partial charge in [-0.3, -0.25) is 0 Å². The van der Waals surface area contributed by atoms with Gasteiger partial charge in [-0.25, -0.2) is 0 Å². The van der Waals surface area contributed by atoms with Gasteiger partial charge in [0.2, 0.25) is 0 Å². The van der Waals surface area contributed by atoms with Crippen molar-refractivity contribution in [3.05, 3.63) is 20.3 Å². The summed E-state index contributed by atoms with van der Waals surface area (Å²) >= 11 is 5.41. The van der Waals surface area contributed by atoms with E-state index < -0.39 is 0 Å². The molecule has 0 spiro atoms. The highest BCUT2D eigenvalue weighted by atomic mass is 79.9. The molecular formula is C14H24BrNS. The van der Waals surface area contributed by atoms with Gasteiger partial charge in [0.15, 0.2) is 0 Å². The zero-order valence-electron chi connectivity index (χ0n) is 11.2. The van der Waals surface area contributed by atoms with Crippen LogP contribution >= 0.6 is 27.3 Å². The average molecular weight is 318 g/mol. The topological polar surface area (TPSA) is 12.0 Å². The Morgan fingerprint density at radius 3 is 2.53 bits per heavy atom. The first kappa shape index (κ1) is 15.2. The van der Waals surface area contributed by atoms with Gasteiger partial charge < -0.3 is 5.32 Å². The minimum absolute atomic E-state index is 0.527. The molecule has 0 fully saturated rings. The third kappa shape index (κ3) is 5.11. The first-order valence-corrected chi connectivity index (χ1v) is 8.23. The van der Waals surface area contributed by atoms with Crippen molar-refractivity contribution in [2.75, 3.05) is 7.05 Å². The second-order valence-corrected chi connectivity index (χ2v) is 7.24. The molecular weight excluding hydrogens is 294 g/mol. The monoisotopic (exact) mass is 317 g/mol. The van der Waals surface area contributed by atoms with Gasteiger partial charge in [0, 0.05) is 10.9 Å². The van der Waals surface area contributed by atoms with E-state index >= 15 is 0 Å². The lowest BCUT2D eigenvalue weighted by Crippen LogP contribution is -2.16. The number of unbranched alkanes of at least 4 members (excludes halogenated alkanes) is 4. The number of rotatable bonds is 8. The molecule has 0 aliphatic carbocycles. The Morgan fingerprint density at radius 1 is 1.29 bits per heavy atom. The third-order valence-electron chi connectivity index (χ3n) is 3.25. The molecule has 0 bridgehead atoms. The fourth-order valence-electron chi connectivity index (χ4n) is 2.21. The molecule has 1 nitrogen and oxygen atoms in total. The molecule has 1 rings (SSSR count). The maximum atomic E-state index is 3.57. The normalized spacial score (nSPS) is 12.9. The van der Waals surface area contributed by atoms with E-state index in [1.54, 1.807) is 0 Å². The second-order valence-electron chi connectivity index (χ2n) is 4.61. The second kappa shape index (κ2) is 8.28. The van der Waals surface area contributed by atoms with E-state index in [1.807, 2.05) is 11.3 Å². The minimum Gasteiger partial charge on any atom is -0.313 e. The first-order chi connectivity index (χ1) is 8.19. The Kier molecular flexibility index (Phi) is 7.40. The van der Waals surface area contributed by atoms with Crippen LogP contribution in [0.5, 0.6) is 0 Å². The van der Waals surface area contributed by atoms with Gasteiger partial charge >= 0.3 is 0 Å². The highest BCUT2D eigenvalue weighted by Gasteiger charge is 2.13. The molecule has 0 saturated carbocycles. The van der Waals surface area contributed by atoms with Gasteiger partial charge in [-0.05, 0) is 48.0 Å². The van der Waals surface area contributed by atoms with Crippen LogP contribution < -0.4 is 5.32 Å². The summed E-state index contributed by atoms with van der Waals surface area (Å²) in [5.41, 5.74) is 1.47. The predicted octanol–water partition coefficient (Wildman–Crippen LogP) is 5.44. The van der Waals surface area contributed by atoms with Crippen molar-refractivity contribution in [1.82, 2.24) is 5.32 Å². The lowest BCUT2D eigenvalue weighted by Gasteiger charge is -2.16. The summed E-state index contributed by atoms with van der Waals surface area (Å²) in [4.78, 5) is 1.43. The number of nitrogens with one attached hydrogen (secondary N) is 1. The molecule has 3 heteroatoms. The number of hydrogen-bond acceptors (Lipinski definition) is 2. The molecule has 1 aromatic heterocycles. The average Bonchev–Trinajstić information content (AvgIpc) is 2.63. The summed E-state index contributed by atoms with van der Waals surface area (Å²) in [6.45, 7) is 4.48. The quantitative estimate of drug-likeness (QED) is 0.629. The van der Waals surface area contributed by atoms with Crippen molar-refractivity contribution in [2.45, 2.75) is 58.4 Å². The highest BCUT2D eigenvalue weighted by Crippen LogP contribution is 2.32. The molecule has 1 unspecified atom stereocenters. The fraction of sp³-hybridized carbons (Fsp3) is 0.714. The van der Waals surface area contributed by atoms with Crippen LogP contribution in [0.1, 0.15) is 61.9 Å². The summed E-state index contributed by atoms with van der Waals surface area (Å²) in [6.07, 6.45) is 8.05. The van der Waals surface area contributed by atoms with E-state index in [9.17, 15) is 0 Å². The van der Waals surface area contributed by atoms with Crippen molar-refractivity contribution in [2.24, 2.45) is 0 Å². The van der Waals surface area contributed by atoms with Crippen molar-refractivity contribution in [3.63, 3.8) is 0 Å². The van der Waals surface area contributed by atoms with E-state index in [1.165, 1.54) is 52.8 Å². The Bertz CT molecular complexity index is 322. The lowest BCUT2D eigenvalue weighted by atomic mass is 10.0. The Balaban J connectivity index is 2.40. The van der Waals surface area contributed by atoms with Crippen molar-refractivity contribution >= 4 is 27.3 Å². The summed E-state index contributed by atoms with van der Waals surface area (Å²) in [7, 11) is 2.07. The van der Waals surface area contributed by atoms with Crippen LogP contribution in [0.2, 0.25) is 0 Å². The largest absolute Gasteiger partial charge is 0.313 e. The number of halogens is 1. The number of aryl methyl sites for hydroxylation is 1. The molecule has 98 valence electrons. The third-order valence-corrected chi connectivity index (χ3v) is 4.82. The maximum absolute atomic E-state index is 3.57. The van der Waals surface area contributed by atoms with Crippen molar-refractivity contribution < 1.29 is 0 Å². The number of hydrogen-bond donors (Lipinski definition) is 1. The molecule has 1 heterocycles. The smallest absolute Gasteiger partial charge is 0.0704 e. The molecule has 0 aliphatic rings. The van der Waals surface area contributed by atoms with Gasteiger partial charge in [0.05, 0.1) is 3.79 Å². The summed E-state index contributed by atoms with van der Waals surface area (Å²) in [5, 5.41) is 3.45. The molecule has 0 amide bonds. The minimum atomic E-state index is 0.527. The summed E-state index contributed by atoms with van der Waals surface area (Å²) in [5.74, 6) is 0. The van der Waals surface area contributed by atoms with E-state index in [0.29, 0.717) is 6.04 Å². The van der Waals surface area contributed by atoms with Crippen LogP contribution in [0.4, 0.5) is 0 Å². The SMILES string of the molecule is CCCCCCCC(NC)c1cc(Br)sc1C. The Labute approximate surface area is 118 Å². The van der Waals surface area contributed by atoms with Gasteiger partial charge in [-0.1, -0.05) is 39.0 Å². The number of thiophene rings is 1. The van der Waals surface area contributed by atoms with Crippen LogP contribution in [0.3, 0.4) is 0 Å². The van der Waals surface area contributed by atoms with Crippen LogP contribution in [0.25, 0.3) is 0 Å². The molecule has 0 saturated heterocycles. The highest BCUT2D eigenvalue weighted by molar-refractivity contribution is 9.11. The van der Waals surface area contributed by atoms with Gasteiger partial charge in [0.25, 0.3) is 0 Å². The zero-order valence-corrected chi connectivity index (χ0v) is 13.6. The molecule has 0 aromatic carbocycles. The van der Waals surface area contributed by atoms with Crippen LogP contribution in [-0.4, -0.2) is 7.05 Å². The summed E-state index contributed by atoms with van der Waals surface area (Å²) < 4.78 is 1.25. The molecule has 0 aliphatic heterocycles. The van der Waals surface area contributed by atoms with Gasteiger partial charge in [-0.15, -0.1) is 11.3 Å². The van der Waals surface area contributed by atoms with E-state index in [2.05, 4.69) is 48.2 Å². The van der Waals surface area contributed by atoms with E-state index in [0.717, 1.165) is 0 Å². The van der Waals surface area contributed by atoms with Gasteiger partial charge in [-0.2, -0.15) is 0 Å². The standard InChI is InChI=1S/C14H24BrNS/c1-4-5-6-7-8-9-13(16-3)12-10-14(15)17-11(12)2/h10,13,16H,4-9H2,1-3H3. The molecule has 1 N–H and O–H groups in total. The molecule has 17 heavy (non-hydrogen) atoms. The van der Waals surface area contributed by atoms with Crippen LogP contribution in [0, 0.1) is 6.92 Å². The summed E-state index contributed by atoms with van der Waals surface area (Å²) in [6, 6.07) is 2.80. The Hall–Kier alpha value is 0.140. The molecule has 1 atom stereocenters. The molecule has 0 radical (unpaired) electrons. The maximum Gasteiger partial charge on any atom is 0.0704 e. The predicted molar refractivity (Wildman–Crippen MR) is 81.9 cm³/mol. The lowest BCUT2D eigenvalue weighted by molar-refractivity contribution is 0.500. The van der Waals surface area contributed by atoms with Crippen LogP contribution in [0.15, 0.2) is 9.85 Å². The zero-order chi connectivity index (χ0) is 12.7. The van der Waals surface area contributed by atoms with Gasteiger partial charge in [0.1, 0.15) is 0 Å². The first-order valence-electron chi connectivity index (χ1n) is 6.62. The fourth-order valence-corrected chi connectivity index (χ4v) is 3.98. The van der Waals surface area contributed by atoms with Crippen molar-refractivity contribution in [3.8, 4) is 0 Å². The Morgan fingerprint density at radius 2 is 2.00 bits per heavy atom. The van der Waals surface area contributed by atoms with Crippen LogP contribution in [-0.2, 0) is 0 Å². The van der Waals surface area contributed by atoms with E-state index in [-0.39, 0.29) is 0 Å².